The maximum Gasteiger partial charge on any atom is 0.246 e. The highest BCUT2D eigenvalue weighted by Crippen LogP contribution is 2.65. The molecule has 8 heteroatoms. The van der Waals surface area contributed by atoms with Gasteiger partial charge in [0.15, 0.2) is 0 Å². The van der Waals surface area contributed by atoms with Crippen LogP contribution in [-0.2, 0) is 31.0 Å². The molecule has 2 heterocycles. The number of allylic oxidation sites excluding steroid dienone is 3. The van der Waals surface area contributed by atoms with Gasteiger partial charge in [-0.1, -0.05) is 83.9 Å². The van der Waals surface area contributed by atoms with Gasteiger partial charge in [0, 0.05) is 23.6 Å². The molecular formula is C36H31ClN2O5. The summed E-state index contributed by atoms with van der Waals surface area (Å²) in [5.74, 6) is -4.57. The number of aromatic hydroxyl groups is 1. The van der Waals surface area contributed by atoms with Crippen LogP contribution >= 0.6 is 11.6 Å². The number of fused-ring (bicyclic) bond motifs is 4. The van der Waals surface area contributed by atoms with Crippen molar-refractivity contribution in [2.75, 3.05) is 11.9 Å². The van der Waals surface area contributed by atoms with Crippen molar-refractivity contribution in [3.8, 4) is 5.75 Å². The minimum Gasteiger partial charge on any atom is -0.507 e. The number of benzene rings is 3. The van der Waals surface area contributed by atoms with Crippen molar-refractivity contribution >= 4 is 40.9 Å². The zero-order chi connectivity index (χ0) is 30.9. The number of para-hydroxylation sites is 1. The Bertz CT molecular complexity index is 1780. The predicted molar refractivity (Wildman–Crippen MR) is 166 cm³/mol. The number of anilines is 1. The Morgan fingerprint density at radius 1 is 0.955 bits per heavy atom. The average Bonchev–Trinajstić information content (AvgIpc) is 3.39. The van der Waals surface area contributed by atoms with Crippen molar-refractivity contribution in [3.05, 3.63) is 119 Å². The SMILES string of the molecule is C=CCc1cccc([C@H]2C3=CC[C@@H]4C(=O)N(C)C(=O)[C@@H]4[C@@H]3C[C@H]3C(=O)N(c4cccc(Cl)c4)C(=O)[C@@]23c2ccccc2)c1O. The normalized spacial score (nSPS) is 29.3. The standard InChI is InChI=1S/C36H31ClN2O5/c1-3-9-20-10-7-15-26(31(20)40)30-24-16-17-25-29(34(43)38(2)32(25)41)27(24)19-28-33(42)39(23-14-8-13-22(37)18-23)35(44)36(28,30)21-11-5-4-6-12-21/h3-8,10-16,18,25,27-30,40H,1,9,17,19H2,2H3/t25-,27+,28-,29-,30+,36+/m0/s1. The van der Waals surface area contributed by atoms with Crippen LogP contribution in [-0.4, -0.2) is 40.7 Å². The third kappa shape index (κ3) is 3.75. The third-order valence-electron chi connectivity index (χ3n) is 10.2. The number of carbonyl (C=O) groups excluding carboxylic acids is 4. The van der Waals surface area contributed by atoms with Crippen molar-refractivity contribution in [2.45, 2.75) is 30.6 Å². The lowest BCUT2D eigenvalue weighted by atomic mass is 9.49. The van der Waals surface area contributed by atoms with Gasteiger partial charge in [-0.05, 0) is 54.5 Å². The summed E-state index contributed by atoms with van der Waals surface area (Å²) in [7, 11) is 1.51. The number of hydrogen-bond acceptors (Lipinski definition) is 5. The van der Waals surface area contributed by atoms with Gasteiger partial charge in [0.05, 0.1) is 28.9 Å². The lowest BCUT2D eigenvalue weighted by molar-refractivity contribution is -0.138. The first kappa shape index (κ1) is 28.3. The van der Waals surface area contributed by atoms with Crippen LogP contribution in [0.1, 0.15) is 35.4 Å². The summed E-state index contributed by atoms with van der Waals surface area (Å²) in [5, 5.41) is 12.2. The molecule has 3 fully saturated rings. The van der Waals surface area contributed by atoms with E-state index in [4.69, 9.17) is 11.6 Å². The second kappa shape index (κ2) is 10.3. The minimum absolute atomic E-state index is 0.0301. The lowest BCUT2D eigenvalue weighted by Gasteiger charge is -2.50. The van der Waals surface area contributed by atoms with Gasteiger partial charge in [0.25, 0.3) is 0 Å². The molecule has 0 spiro atoms. The molecule has 6 atom stereocenters. The molecule has 3 aromatic rings. The zero-order valence-corrected chi connectivity index (χ0v) is 24.9. The number of phenolic OH excluding ortho intramolecular Hbond substituents is 1. The summed E-state index contributed by atoms with van der Waals surface area (Å²) >= 11 is 6.35. The number of rotatable bonds is 5. The van der Waals surface area contributed by atoms with Gasteiger partial charge < -0.3 is 5.11 Å². The molecular weight excluding hydrogens is 576 g/mol. The Labute approximate surface area is 260 Å². The van der Waals surface area contributed by atoms with Crippen LogP contribution in [0.5, 0.6) is 5.75 Å². The van der Waals surface area contributed by atoms with Gasteiger partial charge in [0.1, 0.15) is 5.75 Å². The van der Waals surface area contributed by atoms with Crippen LogP contribution in [0.4, 0.5) is 5.69 Å². The summed E-state index contributed by atoms with van der Waals surface area (Å²) in [6.45, 7) is 3.84. The van der Waals surface area contributed by atoms with E-state index in [0.717, 1.165) is 5.57 Å². The van der Waals surface area contributed by atoms with Crippen LogP contribution in [0, 0.1) is 23.7 Å². The van der Waals surface area contributed by atoms with Crippen LogP contribution < -0.4 is 4.90 Å². The fourth-order valence-electron chi connectivity index (χ4n) is 8.41. The van der Waals surface area contributed by atoms with E-state index in [-0.39, 0.29) is 29.9 Å². The summed E-state index contributed by atoms with van der Waals surface area (Å²) in [6, 6.07) is 21.4. The molecule has 44 heavy (non-hydrogen) atoms. The van der Waals surface area contributed by atoms with Crippen LogP contribution in [0.3, 0.4) is 0 Å². The minimum atomic E-state index is -1.43. The van der Waals surface area contributed by atoms with Gasteiger partial charge in [-0.15, -0.1) is 6.58 Å². The summed E-state index contributed by atoms with van der Waals surface area (Å²) < 4.78 is 0. The Hall–Kier alpha value is -4.49. The van der Waals surface area contributed by atoms with E-state index in [9.17, 15) is 19.5 Å². The molecule has 3 aromatic carbocycles. The molecule has 7 nitrogen and oxygen atoms in total. The summed E-state index contributed by atoms with van der Waals surface area (Å²) in [5.41, 5.74) is 1.54. The lowest BCUT2D eigenvalue weighted by Crippen LogP contribution is -2.53. The number of amides is 4. The molecule has 2 aliphatic carbocycles. The molecule has 222 valence electrons. The highest BCUT2D eigenvalue weighted by atomic mass is 35.5. The smallest absolute Gasteiger partial charge is 0.246 e. The molecule has 0 radical (unpaired) electrons. The first-order chi connectivity index (χ1) is 21.2. The van der Waals surface area contributed by atoms with E-state index in [1.807, 2.05) is 48.5 Å². The maximum absolute atomic E-state index is 15.2. The predicted octanol–water partition coefficient (Wildman–Crippen LogP) is 5.57. The fraction of sp³-hybridized carbons (Fsp3) is 0.278. The molecule has 1 saturated carbocycles. The van der Waals surface area contributed by atoms with Gasteiger partial charge in [0.2, 0.25) is 23.6 Å². The topological polar surface area (TPSA) is 95.0 Å². The third-order valence-corrected chi connectivity index (χ3v) is 10.4. The van der Waals surface area contributed by atoms with Crippen molar-refractivity contribution in [2.24, 2.45) is 23.7 Å². The number of halogens is 1. The van der Waals surface area contributed by atoms with E-state index in [0.29, 0.717) is 40.2 Å². The molecule has 0 bridgehead atoms. The number of phenols is 1. The first-order valence-corrected chi connectivity index (χ1v) is 15.2. The summed E-state index contributed by atoms with van der Waals surface area (Å²) in [4.78, 5) is 59.0. The van der Waals surface area contributed by atoms with Crippen molar-refractivity contribution in [3.63, 3.8) is 0 Å². The monoisotopic (exact) mass is 606 g/mol. The summed E-state index contributed by atoms with van der Waals surface area (Å²) in [6.07, 6.45) is 4.64. The van der Waals surface area contributed by atoms with E-state index in [1.165, 1.54) is 16.8 Å². The van der Waals surface area contributed by atoms with Crippen LogP contribution in [0.25, 0.3) is 0 Å². The molecule has 0 aromatic heterocycles. The molecule has 4 amide bonds. The highest BCUT2D eigenvalue weighted by Gasteiger charge is 2.70. The highest BCUT2D eigenvalue weighted by molar-refractivity contribution is 6.32. The van der Waals surface area contributed by atoms with Gasteiger partial charge >= 0.3 is 0 Å². The number of carbonyl (C=O) groups is 4. The van der Waals surface area contributed by atoms with E-state index in [2.05, 4.69) is 6.58 Å². The average molecular weight is 607 g/mol. The molecule has 2 aliphatic heterocycles. The first-order valence-electron chi connectivity index (χ1n) is 14.8. The van der Waals surface area contributed by atoms with Crippen LogP contribution in [0.2, 0.25) is 5.02 Å². The number of hydrogen-bond donors (Lipinski definition) is 1. The van der Waals surface area contributed by atoms with E-state index >= 15 is 4.79 Å². The number of nitrogens with zero attached hydrogens (tertiary/aromatic N) is 2. The van der Waals surface area contributed by atoms with Gasteiger partial charge in [-0.3, -0.25) is 24.1 Å². The second-order valence-corrected chi connectivity index (χ2v) is 12.6. The quantitative estimate of drug-likeness (QED) is 0.303. The molecule has 4 aliphatic rings. The van der Waals surface area contributed by atoms with Gasteiger partial charge in [-0.25, -0.2) is 4.90 Å². The Kier molecular flexibility index (Phi) is 6.63. The molecule has 1 N–H and O–H groups in total. The maximum atomic E-state index is 15.2. The Morgan fingerprint density at radius 2 is 1.70 bits per heavy atom. The van der Waals surface area contributed by atoms with Crippen molar-refractivity contribution < 1.29 is 24.3 Å². The molecule has 2 saturated heterocycles. The zero-order valence-electron chi connectivity index (χ0n) is 24.2. The molecule has 7 rings (SSSR count). The van der Waals surface area contributed by atoms with E-state index in [1.54, 1.807) is 36.4 Å². The largest absolute Gasteiger partial charge is 0.507 e. The molecule has 0 unspecified atom stereocenters. The fourth-order valence-corrected chi connectivity index (χ4v) is 8.59. The van der Waals surface area contributed by atoms with Crippen LogP contribution in [0.15, 0.2) is 97.1 Å². The van der Waals surface area contributed by atoms with E-state index < -0.39 is 40.9 Å². The Balaban J connectivity index is 1.54. The Morgan fingerprint density at radius 3 is 2.43 bits per heavy atom. The number of imide groups is 2. The number of likely N-dealkylation sites (tertiary alicyclic amines) is 1. The van der Waals surface area contributed by atoms with Crippen molar-refractivity contribution in [1.82, 2.24) is 4.90 Å². The second-order valence-electron chi connectivity index (χ2n) is 12.2. The van der Waals surface area contributed by atoms with Gasteiger partial charge in [-0.2, -0.15) is 0 Å². The van der Waals surface area contributed by atoms with Crippen molar-refractivity contribution in [1.29, 1.82) is 0 Å².